The summed E-state index contributed by atoms with van der Waals surface area (Å²) >= 11 is 0. The van der Waals surface area contributed by atoms with Crippen molar-refractivity contribution in [1.29, 1.82) is 0 Å². The molecule has 6 rings (SSSR count). The van der Waals surface area contributed by atoms with Crippen molar-refractivity contribution in [3.05, 3.63) is 144 Å². The number of rotatable bonds is 5. The smallest absolute Gasteiger partial charge is 0.293 e. The van der Waals surface area contributed by atoms with Crippen LogP contribution in [0.1, 0.15) is 21.5 Å². The van der Waals surface area contributed by atoms with Gasteiger partial charge in [-0.3, -0.25) is 19.3 Å². The minimum Gasteiger partial charge on any atom is -0.293 e. The van der Waals surface area contributed by atoms with Gasteiger partial charge in [-0.2, -0.15) is 0 Å². The minimum absolute atomic E-state index is 0.376. The number of carbonyl (C=O) groups is 3. The lowest BCUT2D eigenvalue weighted by atomic mass is 9.50. The van der Waals surface area contributed by atoms with Crippen molar-refractivity contribution in [1.82, 2.24) is 0 Å². The summed E-state index contributed by atoms with van der Waals surface area (Å²) in [5.74, 6) is -1.77. The van der Waals surface area contributed by atoms with Gasteiger partial charge in [0.2, 0.25) is 5.78 Å². The standard InChI is InChI=1S/C31H21NO3/c33-27(23-15-7-2-8-16-23)30-21-26(22-13-5-1-6-14-22)31(30,24-17-9-3-10-18-24)32(29(35)28(30)34)25-19-11-4-12-20-25/h1-21H/t30-,31+/m0/s1. The molecule has 4 nitrogen and oxygen atoms in total. The Kier molecular flexibility index (Phi) is 4.64. The van der Waals surface area contributed by atoms with E-state index in [1.165, 1.54) is 4.90 Å². The highest BCUT2D eigenvalue weighted by Gasteiger charge is 2.78. The van der Waals surface area contributed by atoms with Crippen molar-refractivity contribution in [2.45, 2.75) is 5.54 Å². The molecule has 0 unspecified atom stereocenters. The van der Waals surface area contributed by atoms with Gasteiger partial charge >= 0.3 is 0 Å². The van der Waals surface area contributed by atoms with Crippen molar-refractivity contribution >= 4 is 28.7 Å². The van der Waals surface area contributed by atoms with Gasteiger partial charge in [0, 0.05) is 11.3 Å². The molecular weight excluding hydrogens is 434 g/mol. The summed E-state index contributed by atoms with van der Waals surface area (Å²) in [6, 6.07) is 37.0. The molecule has 1 amide bonds. The third-order valence-corrected chi connectivity index (χ3v) is 7.10. The number of ketones is 2. The van der Waals surface area contributed by atoms with Crippen molar-refractivity contribution < 1.29 is 14.4 Å². The van der Waals surface area contributed by atoms with Crippen molar-refractivity contribution in [2.75, 3.05) is 4.90 Å². The molecule has 35 heavy (non-hydrogen) atoms. The van der Waals surface area contributed by atoms with E-state index in [0.29, 0.717) is 16.8 Å². The lowest BCUT2D eigenvalue weighted by molar-refractivity contribution is -0.136. The van der Waals surface area contributed by atoms with Gasteiger partial charge in [0.15, 0.2) is 11.2 Å². The monoisotopic (exact) mass is 455 g/mol. The Balaban J connectivity index is 1.73. The first kappa shape index (κ1) is 21.0. The molecule has 1 heterocycles. The molecule has 1 aliphatic carbocycles. The molecular formula is C31H21NO3. The summed E-state index contributed by atoms with van der Waals surface area (Å²) < 4.78 is 0. The maximum absolute atomic E-state index is 14.3. The van der Waals surface area contributed by atoms with Gasteiger partial charge in [-0.1, -0.05) is 115 Å². The molecule has 1 saturated heterocycles. The highest BCUT2D eigenvalue weighted by molar-refractivity contribution is 6.54. The molecule has 4 heteroatoms. The number of hydrogen-bond acceptors (Lipinski definition) is 3. The van der Waals surface area contributed by atoms with E-state index < -0.39 is 22.6 Å². The van der Waals surface area contributed by atoms with E-state index in [1.54, 1.807) is 42.5 Å². The molecule has 1 aliphatic heterocycles. The zero-order valence-electron chi connectivity index (χ0n) is 18.8. The Morgan fingerprint density at radius 2 is 1.14 bits per heavy atom. The largest absolute Gasteiger partial charge is 0.297 e. The summed E-state index contributed by atoms with van der Waals surface area (Å²) in [6.45, 7) is 0. The molecule has 4 aromatic carbocycles. The van der Waals surface area contributed by atoms with Gasteiger partial charge in [-0.05, 0) is 28.8 Å². The van der Waals surface area contributed by atoms with E-state index >= 15 is 0 Å². The van der Waals surface area contributed by atoms with Crippen LogP contribution in [0, 0.1) is 5.41 Å². The number of anilines is 1. The van der Waals surface area contributed by atoms with Crippen LogP contribution in [0.3, 0.4) is 0 Å². The normalized spacial score (nSPS) is 22.9. The first-order valence-corrected chi connectivity index (χ1v) is 11.5. The van der Waals surface area contributed by atoms with Crippen LogP contribution in [0.5, 0.6) is 0 Å². The molecule has 1 fully saturated rings. The van der Waals surface area contributed by atoms with Crippen molar-refractivity contribution in [3.8, 4) is 0 Å². The number of hydrogen-bond donors (Lipinski definition) is 0. The summed E-state index contributed by atoms with van der Waals surface area (Å²) in [5, 5.41) is 0. The number of carbonyl (C=O) groups excluding carboxylic acids is 3. The Morgan fingerprint density at radius 3 is 1.74 bits per heavy atom. The molecule has 0 N–H and O–H groups in total. The van der Waals surface area contributed by atoms with Gasteiger partial charge in [0.05, 0.1) is 0 Å². The molecule has 4 aromatic rings. The van der Waals surface area contributed by atoms with Crippen LogP contribution in [0.25, 0.3) is 5.57 Å². The summed E-state index contributed by atoms with van der Waals surface area (Å²) in [6.07, 6.45) is 1.72. The van der Waals surface area contributed by atoms with Crippen molar-refractivity contribution in [2.24, 2.45) is 5.41 Å². The van der Waals surface area contributed by atoms with Gasteiger partial charge in [-0.15, -0.1) is 0 Å². The van der Waals surface area contributed by atoms with E-state index in [-0.39, 0.29) is 5.78 Å². The van der Waals surface area contributed by atoms with Gasteiger partial charge in [-0.25, -0.2) is 0 Å². The Bertz CT molecular complexity index is 1480. The third-order valence-electron chi connectivity index (χ3n) is 7.10. The van der Waals surface area contributed by atoms with Crippen LogP contribution in [0.15, 0.2) is 127 Å². The quantitative estimate of drug-likeness (QED) is 0.228. The summed E-state index contributed by atoms with van der Waals surface area (Å²) in [5.41, 5.74) is 0.291. The fourth-order valence-electron chi connectivity index (χ4n) is 5.65. The fraction of sp³-hybridized carbons (Fsp3) is 0.0645. The predicted octanol–water partition coefficient (Wildman–Crippen LogP) is 5.46. The fourth-order valence-corrected chi connectivity index (χ4v) is 5.65. The van der Waals surface area contributed by atoms with E-state index in [2.05, 4.69) is 0 Å². The third kappa shape index (κ3) is 2.65. The molecule has 0 bridgehead atoms. The molecule has 0 spiro atoms. The van der Waals surface area contributed by atoms with E-state index in [1.807, 2.05) is 84.9 Å². The summed E-state index contributed by atoms with van der Waals surface area (Å²) in [4.78, 5) is 43.6. The number of fused-ring (bicyclic) bond motifs is 1. The number of amides is 1. The lowest BCUT2D eigenvalue weighted by Gasteiger charge is -2.54. The number of Topliss-reactive ketones (excluding diaryl/α,β-unsaturated/α-hetero) is 2. The topological polar surface area (TPSA) is 54.5 Å². The Labute approximate surface area is 203 Å². The van der Waals surface area contributed by atoms with E-state index in [0.717, 1.165) is 11.1 Å². The van der Waals surface area contributed by atoms with Gasteiger partial charge < -0.3 is 0 Å². The predicted molar refractivity (Wildman–Crippen MR) is 135 cm³/mol. The molecule has 168 valence electrons. The number of benzene rings is 4. The second-order valence-corrected chi connectivity index (χ2v) is 8.81. The number of nitrogens with zero attached hydrogens (tertiary/aromatic N) is 1. The van der Waals surface area contributed by atoms with Gasteiger partial charge in [0.25, 0.3) is 5.91 Å². The van der Waals surface area contributed by atoms with Crippen LogP contribution in [0.2, 0.25) is 0 Å². The summed E-state index contributed by atoms with van der Waals surface area (Å²) in [7, 11) is 0. The second kappa shape index (κ2) is 7.74. The first-order valence-electron chi connectivity index (χ1n) is 11.5. The van der Waals surface area contributed by atoms with Crippen LogP contribution in [-0.4, -0.2) is 17.5 Å². The zero-order valence-corrected chi connectivity index (χ0v) is 18.8. The maximum Gasteiger partial charge on any atom is 0.297 e. The SMILES string of the molecule is O=C1C(=O)[C@@]2(C(=O)c3ccccc3)C=C(c3ccccc3)[C@@]2(c2ccccc2)N1c1ccccc1. The first-order chi connectivity index (χ1) is 17.1. The van der Waals surface area contributed by atoms with Crippen molar-refractivity contribution in [3.63, 3.8) is 0 Å². The molecule has 0 saturated carbocycles. The lowest BCUT2D eigenvalue weighted by Crippen LogP contribution is -2.62. The van der Waals surface area contributed by atoms with E-state index in [9.17, 15) is 14.4 Å². The molecule has 0 aromatic heterocycles. The highest BCUT2D eigenvalue weighted by Crippen LogP contribution is 2.68. The molecule has 2 atom stereocenters. The average molecular weight is 456 g/mol. The second-order valence-electron chi connectivity index (χ2n) is 8.81. The van der Waals surface area contributed by atoms with Crippen LogP contribution < -0.4 is 4.90 Å². The van der Waals surface area contributed by atoms with E-state index in [4.69, 9.17) is 0 Å². The Hall–Kier alpha value is -4.57. The van der Waals surface area contributed by atoms with Crippen LogP contribution >= 0.6 is 0 Å². The molecule has 0 radical (unpaired) electrons. The zero-order chi connectivity index (χ0) is 24.0. The Morgan fingerprint density at radius 1 is 0.629 bits per heavy atom. The minimum atomic E-state index is -1.69. The van der Waals surface area contributed by atoms with Crippen LogP contribution in [-0.2, 0) is 15.1 Å². The average Bonchev–Trinajstić information content (AvgIpc) is 3.06. The van der Waals surface area contributed by atoms with Gasteiger partial charge in [0.1, 0.15) is 5.54 Å². The van der Waals surface area contributed by atoms with Crippen LogP contribution in [0.4, 0.5) is 5.69 Å². The highest BCUT2D eigenvalue weighted by atomic mass is 16.2. The molecule has 2 aliphatic rings. The number of para-hydroxylation sites is 1. The maximum atomic E-state index is 14.3.